The second kappa shape index (κ2) is 13.4. The molecule has 0 radical (unpaired) electrons. The lowest BCUT2D eigenvalue weighted by Crippen LogP contribution is -2.28. The fraction of sp³-hybridized carbons (Fsp3) is 0.115. The van der Waals surface area contributed by atoms with Crippen molar-refractivity contribution >= 4 is 17.1 Å². The van der Waals surface area contributed by atoms with Crippen LogP contribution in [0.2, 0.25) is 0 Å². The molecule has 0 aromatic heterocycles. The first-order valence-corrected chi connectivity index (χ1v) is 22.0. The van der Waals surface area contributed by atoms with E-state index in [0.29, 0.717) is 0 Å². The quantitative estimate of drug-likeness (QED) is 0.162. The van der Waals surface area contributed by atoms with Gasteiger partial charge in [0.25, 0.3) is 0 Å². The van der Waals surface area contributed by atoms with Crippen molar-refractivity contribution in [2.75, 3.05) is 4.90 Å². The average Bonchev–Trinajstić information content (AvgIpc) is 3.84. The van der Waals surface area contributed by atoms with E-state index in [0.717, 1.165) is 17.1 Å². The highest BCUT2D eigenvalue weighted by molar-refractivity contribution is 5.92. The van der Waals surface area contributed by atoms with Crippen LogP contribution in [0.5, 0.6) is 0 Å². The minimum Gasteiger partial charge on any atom is -0.310 e. The van der Waals surface area contributed by atoms with E-state index in [2.05, 4.69) is 245 Å². The molecule has 12 rings (SSSR count). The third kappa shape index (κ3) is 5.09. The van der Waals surface area contributed by atoms with Crippen LogP contribution in [-0.4, -0.2) is 0 Å². The third-order valence-corrected chi connectivity index (χ3v) is 14.6. The van der Waals surface area contributed by atoms with Gasteiger partial charge in [0.1, 0.15) is 0 Å². The van der Waals surface area contributed by atoms with Crippen LogP contribution in [0.1, 0.15) is 72.2 Å². The van der Waals surface area contributed by atoms with Gasteiger partial charge < -0.3 is 4.90 Å². The Balaban J connectivity index is 1.09. The number of hydrogen-bond acceptors (Lipinski definition) is 1. The molecular formula is C61H47N. The molecule has 0 saturated heterocycles. The predicted octanol–water partition coefficient (Wildman–Crippen LogP) is 15.8. The van der Waals surface area contributed by atoms with Crippen molar-refractivity contribution in [1.29, 1.82) is 0 Å². The molecule has 1 nitrogen and oxygen atoms in total. The molecule has 62 heavy (non-hydrogen) atoms. The molecule has 0 fully saturated rings. The van der Waals surface area contributed by atoms with Crippen LogP contribution in [0, 0.1) is 0 Å². The summed E-state index contributed by atoms with van der Waals surface area (Å²) in [6.07, 6.45) is 0. The summed E-state index contributed by atoms with van der Waals surface area (Å²) in [5, 5.41) is 0. The van der Waals surface area contributed by atoms with Gasteiger partial charge in [-0.1, -0.05) is 198 Å². The molecule has 3 aliphatic rings. The Kier molecular flexibility index (Phi) is 7.91. The molecule has 0 spiro atoms. The van der Waals surface area contributed by atoms with E-state index in [1.54, 1.807) is 0 Å². The predicted molar refractivity (Wildman–Crippen MR) is 259 cm³/mol. The monoisotopic (exact) mass is 793 g/mol. The van der Waals surface area contributed by atoms with Crippen molar-refractivity contribution in [3.05, 3.63) is 257 Å². The number of hydrogen-bond donors (Lipinski definition) is 0. The lowest BCUT2D eigenvalue weighted by molar-refractivity contribution is 0.660. The van der Waals surface area contributed by atoms with Gasteiger partial charge in [0.05, 0.1) is 5.41 Å². The molecule has 3 aliphatic carbocycles. The SMILES string of the molecule is CC1(C)c2ccccc2-c2ccc(N(c3ccc4c(c3)C(C)(C)c3cc(-c5ccccc5)ccc3-4)c3ccc4c(c3)C(c3ccccc3)(c3ccccc3)c3ccccc3-4)cc21. The van der Waals surface area contributed by atoms with E-state index >= 15 is 0 Å². The molecule has 296 valence electrons. The van der Waals surface area contributed by atoms with Crippen LogP contribution in [0.3, 0.4) is 0 Å². The Labute approximate surface area is 365 Å². The van der Waals surface area contributed by atoms with E-state index < -0.39 is 5.41 Å². The Morgan fingerprint density at radius 2 is 0.645 bits per heavy atom. The van der Waals surface area contributed by atoms with E-state index in [4.69, 9.17) is 0 Å². The van der Waals surface area contributed by atoms with Crippen LogP contribution in [-0.2, 0) is 16.2 Å². The zero-order valence-corrected chi connectivity index (χ0v) is 35.7. The maximum atomic E-state index is 2.53. The number of anilines is 3. The standard InChI is InChI=1S/C61H47N/c1-59(2)53-26-16-14-24-47(53)50-33-29-44(37-56(50)59)62(45-30-34-51-49-32-28-41(40-18-8-5-9-19-40)36-55(49)60(3,4)57(51)38-45)46-31-35-52-48-25-15-17-27-54(48)61(58(52)39-46,42-20-10-6-11-21-42)43-22-12-7-13-23-43/h5-39H,1-4H3. The maximum absolute atomic E-state index is 2.53. The van der Waals surface area contributed by atoms with E-state index in [1.165, 1.54) is 89.0 Å². The highest BCUT2D eigenvalue weighted by atomic mass is 15.1. The highest BCUT2D eigenvalue weighted by Gasteiger charge is 2.46. The van der Waals surface area contributed by atoms with Crippen molar-refractivity contribution in [2.24, 2.45) is 0 Å². The van der Waals surface area contributed by atoms with E-state index in [-0.39, 0.29) is 10.8 Å². The zero-order valence-electron chi connectivity index (χ0n) is 35.7. The van der Waals surface area contributed by atoms with Gasteiger partial charge in [-0.25, -0.2) is 0 Å². The molecule has 0 bridgehead atoms. The van der Waals surface area contributed by atoms with Gasteiger partial charge in [0, 0.05) is 27.9 Å². The molecule has 0 heterocycles. The second-order valence-corrected chi connectivity index (χ2v) is 18.5. The van der Waals surface area contributed by atoms with Crippen LogP contribution in [0.15, 0.2) is 212 Å². The molecule has 0 atom stereocenters. The molecule has 9 aromatic carbocycles. The molecule has 1 heteroatoms. The molecule has 0 aliphatic heterocycles. The van der Waals surface area contributed by atoms with E-state index in [9.17, 15) is 0 Å². The van der Waals surface area contributed by atoms with Crippen LogP contribution >= 0.6 is 0 Å². The van der Waals surface area contributed by atoms with Gasteiger partial charge in [-0.3, -0.25) is 0 Å². The topological polar surface area (TPSA) is 3.24 Å². The normalized spacial score (nSPS) is 15.2. The first-order valence-electron chi connectivity index (χ1n) is 22.0. The third-order valence-electron chi connectivity index (χ3n) is 14.6. The minimum absolute atomic E-state index is 0.138. The summed E-state index contributed by atoms with van der Waals surface area (Å²) in [5.41, 5.74) is 23.6. The summed E-state index contributed by atoms with van der Waals surface area (Å²) >= 11 is 0. The largest absolute Gasteiger partial charge is 0.310 e. The number of benzene rings is 9. The molecule has 9 aromatic rings. The lowest BCUT2D eigenvalue weighted by Gasteiger charge is -2.35. The number of fused-ring (bicyclic) bond motifs is 9. The van der Waals surface area contributed by atoms with Crippen molar-refractivity contribution in [2.45, 2.75) is 43.9 Å². The highest BCUT2D eigenvalue weighted by Crippen LogP contribution is 2.58. The minimum atomic E-state index is -0.504. The van der Waals surface area contributed by atoms with Crippen molar-refractivity contribution in [3.63, 3.8) is 0 Å². The van der Waals surface area contributed by atoms with Crippen LogP contribution < -0.4 is 4.90 Å². The fourth-order valence-corrected chi connectivity index (χ4v) is 11.5. The molecule has 0 saturated carbocycles. The van der Waals surface area contributed by atoms with Gasteiger partial charge >= 0.3 is 0 Å². The summed E-state index contributed by atoms with van der Waals surface area (Å²) in [7, 11) is 0. The summed E-state index contributed by atoms with van der Waals surface area (Å²) in [6, 6.07) is 79.7. The number of nitrogens with zero attached hydrogens (tertiary/aromatic N) is 1. The lowest BCUT2D eigenvalue weighted by atomic mass is 9.67. The Morgan fingerprint density at radius 3 is 1.19 bits per heavy atom. The smallest absolute Gasteiger partial charge is 0.0714 e. The van der Waals surface area contributed by atoms with Gasteiger partial charge in [0.2, 0.25) is 0 Å². The Bertz CT molecular complexity index is 3190. The van der Waals surface area contributed by atoms with Crippen LogP contribution in [0.25, 0.3) is 44.5 Å². The van der Waals surface area contributed by atoms with Crippen molar-refractivity contribution in [3.8, 4) is 44.5 Å². The number of rotatable bonds is 6. The van der Waals surface area contributed by atoms with Gasteiger partial charge in [-0.05, 0) is 131 Å². The maximum Gasteiger partial charge on any atom is 0.0714 e. The first kappa shape index (κ1) is 36.6. The molecule has 0 unspecified atom stereocenters. The Morgan fingerprint density at radius 1 is 0.274 bits per heavy atom. The first-order chi connectivity index (χ1) is 30.3. The zero-order chi connectivity index (χ0) is 41.8. The van der Waals surface area contributed by atoms with Crippen molar-refractivity contribution in [1.82, 2.24) is 0 Å². The molecular weight excluding hydrogens is 747 g/mol. The fourth-order valence-electron chi connectivity index (χ4n) is 11.5. The summed E-state index contributed by atoms with van der Waals surface area (Å²) < 4.78 is 0. The van der Waals surface area contributed by atoms with E-state index in [1.807, 2.05) is 0 Å². The van der Waals surface area contributed by atoms with Gasteiger partial charge in [-0.2, -0.15) is 0 Å². The van der Waals surface area contributed by atoms with Gasteiger partial charge in [0.15, 0.2) is 0 Å². The van der Waals surface area contributed by atoms with Crippen LogP contribution in [0.4, 0.5) is 17.1 Å². The van der Waals surface area contributed by atoms with Crippen molar-refractivity contribution < 1.29 is 0 Å². The second-order valence-electron chi connectivity index (χ2n) is 18.5. The van der Waals surface area contributed by atoms with Gasteiger partial charge in [-0.15, -0.1) is 0 Å². The Hall–Kier alpha value is -7.22. The summed E-state index contributed by atoms with van der Waals surface area (Å²) in [4.78, 5) is 2.53. The molecule has 0 amide bonds. The molecule has 0 N–H and O–H groups in total. The average molecular weight is 794 g/mol. The summed E-state index contributed by atoms with van der Waals surface area (Å²) in [6.45, 7) is 9.56. The summed E-state index contributed by atoms with van der Waals surface area (Å²) in [5.74, 6) is 0.